The Morgan fingerprint density at radius 1 is 1.03 bits per heavy atom. The number of ether oxygens (including phenoxy) is 2. The maximum Gasteiger partial charge on any atom is 0.344 e. The van der Waals surface area contributed by atoms with Crippen molar-refractivity contribution < 1.29 is 27.9 Å². The first-order chi connectivity index (χ1) is 16.0. The molecule has 0 saturated carbocycles. The van der Waals surface area contributed by atoms with Crippen LogP contribution in [0.3, 0.4) is 0 Å². The molecule has 0 unspecified atom stereocenters. The number of fused-ring (bicyclic) bond motifs is 1. The van der Waals surface area contributed by atoms with Gasteiger partial charge in [-0.3, -0.25) is 4.79 Å². The van der Waals surface area contributed by atoms with Crippen molar-refractivity contribution in [2.45, 2.75) is 59.9 Å². The predicted molar refractivity (Wildman–Crippen MR) is 130 cm³/mol. The molecule has 0 aliphatic rings. The zero-order chi connectivity index (χ0) is 25.2. The Morgan fingerprint density at radius 3 is 2.21 bits per heavy atom. The highest BCUT2D eigenvalue weighted by atomic mass is 16.5. The van der Waals surface area contributed by atoms with Gasteiger partial charge >= 0.3 is 11.9 Å². The number of nitrogens with one attached hydrogen (secondary N) is 1. The predicted octanol–water partition coefficient (Wildman–Crippen LogP) is 5.74. The first-order valence-corrected chi connectivity index (χ1v) is 11.3. The van der Waals surface area contributed by atoms with Gasteiger partial charge in [-0.2, -0.15) is 0 Å². The Morgan fingerprint density at radius 2 is 1.65 bits per heavy atom. The third kappa shape index (κ3) is 5.00. The van der Waals surface area contributed by atoms with Crippen molar-refractivity contribution >= 4 is 28.8 Å². The van der Waals surface area contributed by atoms with Crippen molar-refractivity contribution in [2.24, 2.45) is 0 Å². The highest BCUT2D eigenvalue weighted by Crippen LogP contribution is 2.37. The van der Waals surface area contributed by atoms with Crippen LogP contribution in [0, 0.1) is 0 Å². The van der Waals surface area contributed by atoms with Gasteiger partial charge in [0, 0.05) is 5.54 Å². The van der Waals surface area contributed by atoms with Crippen LogP contribution in [0.25, 0.3) is 22.3 Å². The minimum atomic E-state index is -0.804. The fourth-order valence-electron chi connectivity index (χ4n) is 3.51. The van der Waals surface area contributed by atoms with E-state index in [4.69, 9.17) is 18.3 Å². The van der Waals surface area contributed by atoms with E-state index < -0.39 is 17.5 Å². The van der Waals surface area contributed by atoms with E-state index in [1.165, 1.54) is 6.26 Å². The van der Waals surface area contributed by atoms with Crippen LogP contribution >= 0.6 is 0 Å². The number of hydrogen-bond donors (Lipinski definition) is 1. The Bertz CT molecular complexity index is 1270. The summed E-state index contributed by atoms with van der Waals surface area (Å²) < 4.78 is 22.1. The van der Waals surface area contributed by atoms with Crippen LogP contribution in [-0.4, -0.2) is 30.7 Å². The Hall–Kier alpha value is -3.55. The van der Waals surface area contributed by atoms with Crippen LogP contribution in [0.1, 0.15) is 80.7 Å². The largest absolute Gasteiger partial charge is 0.463 e. The van der Waals surface area contributed by atoms with Gasteiger partial charge in [0.2, 0.25) is 11.3 Å². The summed E-state index contributed by atoms with van der Waals surface area (Å²) in [6.45, 7) is 13.1. The van der Waals surface area contributed by atoms with Crippen molar-refractivity contribution in [3.05, 3.63) is 51.4 Å². The third-order valence-electron chi connectivity index (χ3n) is 5.06. The van der Waals surface area contributed by atoms with Crippen molar-refractivity contribution in [3.63, 3.8) is 0 Å². The quantitative estimate of drug-likeness (QED) is 0.436. The van der Waals surface area contributed by atoms with Gasteiger partial charge in [0.1, 0.15) is 28.5 Å². The molecule has 0 aliphatic carbocycles. The molecule has 3 aromatic rings. The smallest absolute Gasteiger partial charge is 0.344 e. The molecule has 1 N–H and O–H groups in total. The molecule has 0 aliphatic heterocycles. The number of anilines is 1. The molecule has 0 radical (unpaired) electrons. The van der Waals surface area contributed by atoms with E-state index in [1.807, 2.05) is 40.7 Å². The van der Waals surface area contributed by atoms with Crippen LogP contribution in [0.15, 0.2) is 38.1 Å². The van der Waals surface area contributed by atoms with Gasteiger partial charge in [-0.1, -0.05) is 19.9 Å². The zero-order valence-corrected chi connectivity index (χ0v) is 20.7. The topological polar surface area (TPSA) is 108 Å². The summed E-state index contributed by atoms with van der Waals surface area (Å²) in [6.07, 6.45) is 1.23. The lowest BCUT2D eigenvalue weighted by Crippen LogP contribution is -2.27. The summed E-state index contributed by atoms with van der Waals surface area (Å²) in [4.78, 5) is 39.5. The molecule has 0 bridgehead atoms. The van der Waals surface area contributed by atoms with Gasteiger partial charge in [-0.05, 0) is 58.2 Å². The fourth-order valence-corrected chi connectivity index (χ4v) is 3.51. The molecule has 34 heavy (non-hydrogen) atoms. The summed E-state index contributed by atoms with van der Waals surface area (Å²) in [5.74, 6) is -1.47. The molecule has 0 spiro atoms. The number of furan rings is 1. The molecule has 0 atom stereocenters. The van der Waals surface area contributed by atoms with Crippen LogP contribution in [0.4, 0.5) is 5.88 Å². The monoisotopic (exact) mass is 469 g/mol. The van der Waals surface area contributed by atoms with E-state index in [1.54, 1.807) is 26.0 Å². The highest BCUT2D eigenvalue weighted by molar-refractivity contribution is 6.10. The lowest BCUT2D eigenvalue weighted by Gasteiger charge is -2.20. The Balaban J connectivity index is 2.36. The molecular formula is C26H31NO7. The molecule has 1 aromatic carbocycles. The number of rotatable bonds is 7. The first kappa shape index (κ1) is 25.1. The minimum absolute atomic E-state index is 0.00367. The number of carbonyl (C=O) groups is 2. The summed E-state index contributed by atoms with van der Waals surface area (Å²) in [5.41, 5.74) is 0.150. The van der Waals surface area contributed by atoms with Gasteiger partial charge in [-0.15, -0.1) is 0 Å². The van der Waals surface area contributed by atoms with Crippen LogP contribution < -0.4 is 10.7 Å². The maximum absolute atomic E-state index is 13.5. The molecule has 182 valence electrons. The first-order valence-electron chi connectivity index (χ1n) is 11.3. The van der Waals surface area contributed by atoms with Gasteiger partial charge in [-0.25, -0.2) is 9.59 Å². The standard InChI is InChI=1S/C26H31NO7/c1-8-31-24(29)19-20(25(30)32-9-2)23(27-26(5,6)7)34-22(19)17-13-33-18-11-10-15(14(3)4)12-16(18)21(17)28/h10-14,27H,8-9H2,1-7H3. The molecule has 0 saturated heterocycles. The lowest BCUT2D eigenvalue weighted by atomic mass is 9.99. The normalized spacial score (nSPS) is 11.6. The summed E-state index contributed by atoms with van der Waals surface area (Å²) in [7, 11) is 0. The number of esters is 2. The second kappa shape index (κ2) is 9.75. The molecule has 2 aromatic heterocycles. The zero-order valence-electron chi connectivity index (χ0n) is 20.7. The van der Waals surface area contributed by atoms with E-state index >= 15 is 0 Å². The van der Waals surface area contributed by atoms with Crippen LogP contribution in [-0.2, 0) is 9.47 Å². The van der Waals surface area contributed by atoms with Gasteiger partial charge < -0.3 is 23.6 Å². The van der Waals surface area contributed by atoms with E-state index in [9.17, 15) is 14.4 Å². The molecule has 8 nitrogen and oxygen atoms in total. The number of hydrogen-bond acceptors (Lipinski definition) is 8. The van der Waals surface area contributed by atoms with Gasteiger partial charge in [0.25, 0.3) is 0 Å². The molecule has 0 amide bonds. The van der Waals surface area contributed by atoms with Gasteiger partial charge in [0.15, 0.2) is 5.76 Å². The minimum Gasteiger partial charge on any atom is -0.463 e. The summed E-state index contributed by atoms with van der Waals surface area (Å²) in [6, 6.07) is 5.40. The van der Waals surface area contributed by atoms with E-state index in [2.05, 4.69) is 5.32 Å². The Kier molecular flexibility index (Phi) is 7.19. The van der Waals surface area contributed by atoms with E-state index in [0.717, 1.165) is 5.56 Å². The third-order valence-corrected chi connectivity index (χ3v) is 5.06. The highest BCUT2D eigenvalue weighted by Gasteiger charge is 2.35. The number of benzene rings is 1. The maximum atomic E-state index is 13.5. The van der Waals surface area contributed by atoms with Crippen molar-refractivity contribution in [1.82, 2.24) is 0 Å². The molecular weight excluding hydrogens is 438 g/mol. The average Bonchev–Trinajstić information content (AvgIpc) is 3.11. The second-order valence-corrected chi connectivity index (χ2v) is 9.22. The van der Waals surface area contributed by atoms with Crippen molar-refractivity contribution in [2.75, 3.05) is 18.5 Å². The molecule has 8 heteroatoms. The van der Waals surface area contributed by atoms with E-state index in [-0.39, 0.29) is 52.9 Å². The molecule has 0 fully saturated rings. The van der Waals surface area contributed by atoms with Crippen LogP contribution in [0.2, 0.25) is 0 Å². The summed E-state index contributed by atoms with van der Waals surface area (Å²) in [5, 5.41) is 3.43. The lowest BCUT2D eigenvalue weighted by molar-refractivity contribution is 0.0481. The van der Waals surface area contributed by atoms with Crippen LogP contribution in [0.5, 0.6) is 0 Å². The SMILES string of the molecule is CCOC(=O)c1c(NC(C)(C)C)oc(-c2coc3ccc(C(C)C)cc3c2=O)c1C(=O)OCC. The van der Waals surface area contributed by atoms with Crippen molar-refractivity contribution in [1.29, 1.82) is 0 Å². The molecule has 3 rings (SSSR count). The fraction of sp³-hybridized carbons (Fsp3) is 0.423. The second-order valence-electron chi connectivity index (χ2n) is 9.22. The van der Waals surface area contributed by atoms with E-state index in [0.29, 0.717) is 11.0 Å². The average molecular weight is 470 g/mol. The van der Waals surface area contributed by atoms with Crippen molar-refractivity contribution in [3.8, 4) is 11.3 Å². The van der Waals surface area contributed by atoms with Gasteiger partial charge in [0.05, 0.1) is 18.6 Å². The molecule has 2 heterocycles. The number of carbonyl (C=O) groups excluding carboxylic acids is 2. The Labute approximate surface area is 198 Å². The summed E-state index contributed by atoms with van der Waals surface area (Å²) >= 11 is 0.